The van der Waals surface area contributed by atoms with Crippen molar-refractivity contribution in [3.05, 3.63) is 48.5 Å². The minimum atomic E-state index is -1.48. The highest BCUT2D eigenvalue weighted by Crippen LogP contribution is 2.22. The van der Waals surface area contributed by atoms with E-state index in [1.165, 1.54) is 32.1 Å². The van der Waals surface area contributed by atoms with Crippen LogP contribution in [-0.2, 0) is 0 Å². The molecule has 0 saturated heterocycles. The summed E-state index contributed by atoms with van der Waals surface area (Å²) in [4.78, 5) is 6.36. The number of hydrogen-bond acceptors (Lipinski definition) is 6. The van der Waals surface area contributed by atoms with E-state index < -0.39 is 6.29 Å². The molecule has 2 unspecified atom stereocenters. The van der Waals surface area contributed by atoms with Crippen LogP contribution < -0.4 is 5.32 Å². The molecule has 4 N–H and O–H groups in total. The maximum absolute atomic E-state index is 9.40. The Morgan fingerprint density at radius 1 is 1.23 bits per heavy atom. The maximum Gasteiger partial charge on any atom is 0.180 e. The molecule has 0 amide bonds. The van der Waals surface area contributed by atoms with Crippen LogP contribution in [-0.4, -0.2) is 51.4 Å². The fourth-order valence-electron chi connectivity index (χ4n) is 3.56. The molecular weight excluding hydrogens is 378 g/mol. The first-order valence-corrected chi connectivity index (χ1v) is 11.1. The third-order valence-corrected chi connectivity index (χ3v) is 5.59. The van der Waals surface area contributed by atoms with Gasteiger partial charge in [-0.2, -0.15) is 0 Å². The molecule has 0 aliphatic rings. The summed E-state index contributed by atoms with van der Waals surface area (Å²) in [5.41, 5.74) is 1.15. The van der Waals surface area contributed by atoms with Crippen molar-refractivity contribution in [2.24, 2.45) is 5.92 Å². The molecule has 1 heterocycles. The van der Waals surface area contributed by atoms with E-state index >= 15 is 0 Å². The number of aromatic nitrogens is 1. The van der Waals surface area contributed by atoms with Gasteiger partial charge in [0.05, 0.1) is 11.9 Å². The smallest absolute Gasteiger partial charge is 0.180 e. The summed E-state index contributed by atoms with van der Waals surface area (Å²) in [7, 11) is 2.12. The van der Waals surface area contributed by atoms with Crippen molar-refractivity contribution in [2.75, 3.05) is 25.5 Å². The molecule has 1 rings (SSSR count). The number of likely N-dealkylation sites (N-methyl/N-ethyl adjacent to an activating group) is 1. The van der Waals surface area contributed by atoms with E-state index in [2.05, 4.69) is 42.7 Å². The van der Waals surface area contributed by atoms with Gasteiger partial charge in [-0.15, -0.1) is 0 Å². The molecule has 0 aliphatic heterocycles. The van der Waals surface area contributed by atoms with Gasteiger partial charge in [-0.1, -0.05) is 51.7 Å². The summed E-state index contributed by atoms with van der Waals surface area (Å²) < 4.78 is 0. The normalized spacial score (nSPS) is 13.8. The highest BCUT2D eigenvalue weighted by molar-refractivity contribution is 5.49. The SMILES string of the molecule is C=C(O)/C=C\C(C)N(C)CCC(CCC)CCCCCNc1cnccc1C(O)O. The first-order valence-electron chi connectivity index (χ1n) is 11.1. The Kier molecular flexibility index (Phi) is 13.1. The standard InChI is InChI=1S/C24H41N3O3/c1-5-9-21(14-17-27(4)19(2)11-12-20(3)28)10-7-6-8-15-26-23-18-25-16-13-22(23)24(29)30/h11-13,16,18-19,21,24,26,28-30H,3,5-10,14-15,17H2,1-2,4H3/b12-11-. The summed E-state index contributed by atoms with van der Waals surface area (Å²) in [5.74, 6) is 0.838. The number of rotatable bonds is 16. The van der Waals surface area contributed by atoms with Gasteiger partial charge < -0.3 is 25.5 Å². The number of unbranched alkanes of at least 4 members (excludes halogenated alkanes) is 2. The molecule has 0 saturated carbocycles. The van der Waals surface area contributed by atoms with Gasteiger partial charge in [-0.3, -0.25) is 4.98 Å². The van der Waals surface area contributed by atoms with Gasteiger partial charge in [0.25, 0.3) is 0 Å². The van der Waals surface area contributed by atoms with Crippen molar-refractivity contribution < 1.29 is 15.3 Å². The van der Waals surface area contributed by atoms with Gasteiger partial charge in [-0.25, -0.2) is 0 Å². The Labute approximate surface area is 182 Å². The third kappa shape index (κ3) is 10.8. The van der Waals surface area contributed by atoms with Crippen molar-refractivity contribution in [3.8, 4) is 0 Å². The largest absolute Gasteiger partial charge is 0.509 e. The van der Waals surface area contributed by atoms with Gasteiger partial charge in [0.2, 0.25) is 0 Å². The molecule has 1 aromatic rings. The lowest BCUT2D eigenvalue weighted by molar-refractivity contribution is -0.0419. The summed E-state index contributed by atoms with van der Waals surface area (Å²) in [6.45, 7) is 9.71. The number of anilines is 1. The number of nitrogens with zero attached hydrogens (tertiary/aromatic N) is 2. The van der Waals surface area contributed by atoms with Crippen LogP contribution in [0.4, 0.5) is 5.69 Å². The van der Waals surface area contributed by atoms with Gasteiger partial charge in [0.15, 0.2) is 6.29 Å². The second-order valence-corrected chi connectivity index (χ2v) is 8.13. The molecule has 170 valence electrons. The molecule has 0 radical (unpaired) electrons. The van der Waals surface area contributed by atoms with Gasteiger partial charge in [0.1, 0.15) is 5.76 Å². The molecule has 30 heavy (non-hydrogen) atoms. The van der Waals surface area contributed by atoms with E-state index in [1.807, 2.05) is 6.08 Å². The zero-order valence-corrected chi connectivity index (χ0v) is 18.9. The van der Waals surface area contributed by atoms with E-state index in [0.717, 1.165) is 31.8 Å². The second-order valence-electron chi connectivity index (χ2n) is 8.13. The average Bonchev–Trinajstić information content (AvgIpc) is 2.72. The lowest BCUT2D eigenvalue weighted by Crippen LogP contribution is -2.29. The highest BCUT2D eigenvalue weighted by atomic mass is 16.5. The van der Waals surface area contributed by atoms with E-state index in [1.54, 1.807) is 24.5 Å². The first-order chi connectivity index (χ1) is 14.3. The van der Waals surface area contributed by atoms with Crippen LogP contribution in [0.5, 0.6) is 0 Å². The number of allylic oxidation sites excluding steroid dienone is 1. The number of pyridine rings is 1. The van der Waals surface area contributed by atoms with Gasteiger partial charge in [-0.05, 0) is 51.4 Å². The minimum Gasteiger partial charge on any atom is -0.509 e. The summed E-state index contributed by atoms with van der Waals surface area (Å²) >= 11 is 0. The van der Waals surface area contributed by atoms with Crippen molar-refractivity contribution in [2.45, 2.75) is 71.1 Å². The van der Waals surface area contributed by atoms with E-state index in [0.29, 0.717) is 11.3 Å². The molecular formula is C24H41N3O3. The van der Waals surface area contributed by atoms with Crippen LogP contribution in [0.1, 0.15) is 70.6 Å². The van der Waals surface area contributed by atoms with E-state index in [9.17, 15) is 15.3 Å². The lowest BCUT2D eigenvalue weighted by atomic mass is 9.93. The summed E-state index contributed by atoms with van der Waals surface area (Å²) in [6, 6.07) is 1.90. The minimum absolute atomic E-state index is 0.0980. The van der Waals surface area contributed by atoms with Crippen LogP contribution in [0.2, 0.25) is 0 Å². The first kappa shape index (κ1) is 26.1. The van der Waals surface area contributed by atoms with Crippen LogP contribution in [0.15, 0.2) is 43.0 Å². The number of nitrogens with one attached hydrogen (secondary N) is 1. The van der Waals surface area contributed by atoms with E-state index in [4.69, 9.17) is 0 Å². The molecule has 1 aromatic heterocycles. The predicted molar refractivity (Wildman–Crippen MR) is 124 cm³/mol. The van der Waals surface area contributed by atoms with Crippen LogP contribution in [0, 0.1) is 5.92 Å². The highest BCUT2D eigenvalue weighted by Gasteiger charge is 2.12. The lowest BCUT2D eigenvalue weighted by Gasteiger charge is -2.25. The summed E-state index contributed by atoms with van der Waals surface area (Å²) in [6.07, 6.45) is 13.7. The number of hydrogen-bond donors (Lipinski definition) is 4. The zero-order valence-electron chi connectivity index (χ0n) is 18.9. The second kappa shape index (κ2) is 15.0. The molecule has 0 bridgehead atoms. The Hall–Kier alpha value is -1.89. The molecule has 0 aliphatic carbocycles. The van der Waals surface area contributed by atoms with Crippen molar-refractivity contribution in [3.63, 3.8) is 0 Å². The van der Waals surface area contributed by atoms with Crippen molar-refractivity contribution in [1.29, 1.82) is 0 Å². The Balaban J connectivity index is 2.29. The monoisotopic (exact) mass is 419 g/mol. The Bertz CT molecular complexity index is 634. The molecule has 0 aromatic carbocycles. The van der Waals surface area contributed by atoms with Crippen molar-refractivity contribution >= 4 is 5.69 Å². The quantitative estimate of drug-likeness (QED) is 0.133. The maximum atomic E-state index is 9.40. The van der Waals surface area contributed by atoms with Crippen LogP contribution >= 0.6 is 0 Å². The topological polar surface area (TPSA) is 88.9 Å². The number of aliphatic hydroxyl groups is 3. The van der Waals surface area contributed by atoms with E-state index in [-0.39, 0.29) is 11.8 Å². The van der Waals surface area contributed by atoms with Gasteiger partial charge in [0, 0.05) is 24.3 Å². The molecule has 2 atom stereocenters. The summed E-state index contributed by atoms with van der Waals surface area (Å²) in [5, 5.41) is 31.3. The number of aliphatic hydroxyl groups excluding tert-OH is 2. The molecule has 0 fully saturated rings. The fourth-order valence-corrected chi connectivity index (χ4v) is 3.56. The Morgan fingerprint density at radius 3 is 2.67 bits per heavy atom. The van der Waals surface area contributed by atoms with Crippen molar-refractivity contribution in [1.82, 2.24) is 9.88 Å². The predicted octanol–water partition coefficient (Wildman–Crippen LogP) is 4.79. The van der Waals surface area contributed by atoms with Crippen LogP contribution in [0.3, 0.4) is 0 Å². The molecule has 6 nitrogen and oxygen atoms in total. The molecule has 0 spiro atoms. The third-order valence-electron chi connectivity index (χ3n) is 5.59. The van der Waals surface area contributed by atoms with Gasteiger partial charge >= 0.3 is 0 Å². The Morgan fingerprint density at radius 2 is 2.00 bits per heavy atom. The van der Waals surface area contributed by atoms with Crippen LogP contribution in [0.25, 0.3) is 0 Å². The zero-order chi connectivity index (χ0) is 22.4. The average molecular weight is 420 g/mol. The fraction of sp³-hybridized carbons (Fsp3) is 0.625. The molecule has 6 heteroatoms.